The van der Waals surface area contributed by atoms with E-state index in [1.807, 2.05) is 6.20 Å². The van der Waals surface area contributed by atoms with Gasteiger partial charge in [0.2, 0.25) is 0 Å². The number of hydrogen-bond donors (Lipinski definition) is 1. The van der Waals surface area contributed by atoms with Gasteiger partial charge in [-0.05, 0) is 12.8 Å². The van der Waals surface area contributed by atoms with Crippen molar-refractivity contribution in [3.8, 4) is 0 Å². The maximum absolute atomic E-state index is 10.2. The number of aliphatic carboxylic acids is 1. The Morgan fingerprint density at radius 3 is 2.90 bits per heavy atom. The van der Waals surface area contributed by atoms with Crippen LogP contribution in [0.3, 0.4) is 0 Å². The number of ether oxygens (including phenoxy) is 1. The molecule has 8 nitrogen and oxygen atoms in total. The van der Waals surface area contributed by atoms with E-state index < -0.39 is 5.97 Å². The van der Waals surface area contributed by atoms with Crippen molar-refractivity contribution >= 4 is 5.97 Å². The third-order valence-corrected chi connectivity index (χ3v) is 2.49. The molecule has 0 saturated heterocycles. The lowest BCUT2D eigenvalue weighted by atomic mass is 10.2. The van der Waals surface area contributed by atoms with Crippen LogP contribution in [0.5, 0.6) is 0 Å². The smallest absolute Gasteiger partial charge is 0.329 e. The van der Waals surface area contributed by atoms with Crippen molar-refractivity contribution in [3.63, 3.8) is 0 Å². The molecule has 0 aromatic carbocycles. The lowest BCUT2D eigenvalue weighted by Crippen LogP contribution is -2.08. The fraction of sp³-hybridized carbons (Fsp3) is 0.417. The summed E-state index contributed by atoms with van der Waals surface area (Å²) < 4.78 is 6.66. The first-order valence-electron chi connectivity index (χ1n) is 6.16. The van der Waals surface area contributed by atoms with Gasteiger partial charge >= 0.3 is 5.97 Å². The first-order valence-corrected chi connectivity index (χ1v) is 6.16. The number of nitrogens with zero attached hydrogens (tertiary/aromatic N) is 5. The Balaban J connectivity index is 1.73. The summed E-state index contributed by atoms with van der Waals surface area (Å²) in [5.74, 6) is -0.957. The van der Waals surface area contributed by atoms with E-state index in [1.165, 1.54) is 6.33 Å². The molecule has 0 aliphatic heterocycles. The van der Waals surface area contributed by atoms with Gasteiger partial charge in [-0.1, -0.05) is 5.21 Å². The van der Waals surface area contributed by atoms with E-state index in [9.17, 15) is 4.79 Å². The number of aromatic nitrogens is 5. The fourth-order valence-electron chi connectivity index (χ4n) is 1.64. The third-order valence-electron chi connectivity index (χ3n) is 2.49. The molecule has 2 rings (SSSR count). The molecule has 2 aromatic rings. The SMILES string of the molecule is O=C(O)COCCCc1cn(Cc2cncnc2)nn1. The summed E-state index contributed by atoms with van der Waals surface area (Å²) in [6.07, 6.45) is 8.20. The molecule has 0 radical (unpaired) electrons. The maximum Gasteiger partial charge on any atom is 0.329 e. The fourth-order valence-corrected chi connectivity index (χ4v) is 1.64. The monoisotopic (exact) mass is 277 g/mol. The lowest BCUT2D eigenvalue weighted by Gasteiger charge is -1.99. The summed E-state index contributed by atoms with van der Waals surface area (Å²) in [4.78, 5) is 18.1. The van der Waals surface area contributed by atoms with E-state index >= 15 is 0 Å². The minimum absolute atomic E-state index is 0.263. The Morgan fingerprint density at radius 2 is 2.15 bits per heavy atom. The topological polar surface area (TPSA) is 103 Å². The van der Waals surface area contributed by atoms with Gasteiger partial charge in [-0.3, -0.25) is 0 Å². The van der Waals surface area contributed by atoms with Crippen LogP contribution in [0.15, 0.2) is 24.9 Å². The molecule has 0 aliphatic rings. The minimum atomic E-state index is -0.957. The largest absolute Gasteiger partial charge is 0.480 e. The van der Waals surface area contributed by atoms with Crippen molar-refractivity contribution in [2.45, 2.75) is 19.4 Å². The zero-order valence-electron chi connectivity index (χ0n) is 10.8. The second kappa shape index (κ2) is 7.29. The number of rotatable bonds is 8. The van der Waals surface area contributed by atoms with E-state index in [2.05, 4.69) is 20.3 Å². The predicted molar refractivity (Wildman–Crippen MR) is 67.9 cm³/mol. The van der Waals surface area contributed by atoms with Crippen LogP contribution in [0.25, 0.3) is 0 Å². The normalized spacial score (nSPS) is 10.6. The first kappa shape index (κ1) is 14.1. The van der Waals surface area contributed by atoms with Crippen LogP contribution in [0.1, 0.15) is 17.7 Å². The molecule has 1 N–H and O–H groups in total. The summed E-state index contributed by atoms with van der Waals surface area (Å²) in [7, 11) is 0. The molecule has 0 atom stereocenters. The Labute approximate surface area is 115 Å². The van der Waals surface area contributed by atoms with E-state index in [4.69, 9.17) is 9.84 Å². The maximum atomic E-state index is 10.2. The molecule has 0 saturated carbocycles. The van der Waals surface area contributed by atoms with Crippen LogP contribution >= 0.6 is 0 Å². The zero-order chi connectivity index (χ0) is 14.2. The molecule has 0 aliphatic carbocycles. The van der Waals surface area contributed by atoms with Crippen LogP contribution in [0.2, 0.25) is 0 Å². The highest BCUT2D eigenvalue weighted by Crippen LogP contribution is 2.02. The number of aryl methyl sites for hydroxylation is 1. The van der Waals surface area contributed by atoms with Crippen molar-refractivity contribution in [1.82, 2.24) is 25.0 Å². The van der Waals surface area contributed by atoms with Crippen molar-refractivity contribution in [3.05, 3.63) is 36.2 Å². The summed E-state index contributed by atoms with van der Waals surface area (Å²) in [6, 6.07) is 0. The van der Waals surface area contributed by atoms with Gasteiger partial charge in [-0.25, -0.2) is 19.4 Å². The van der Waals surface area contributed by atoms with Gasteiger partial charge in [0.25, 0.3) is 0 Å². The highest BCUT2D eigenvalue weighted by Gasteiger charge is 2.03. The highest BCUT2D eigenvalue weighted by atomic mass is 16.5. The highest BCUT2D eigenvalue weighted by molar-refractivity contribution is 5.67. The molecule has 20 heavy (non-hydrogen) atoms. The average Bonchev–Trinajstić information content (AvgIpc) is 2.87. The average molecular weight is 277 g/mol. The molecular formula is C12H15N5O3. The summed E-state index contributed by atoms with van der Waals surface area (Å²) >= 11 is 0. The first-order chi connectivity index (χ1) is 9.74. The molecule has 2 aromatic heterocycles. The van der Waals surface area contributed by atoms with E-state index in [0.717, 1.165) is 11.3 Å². The van der Waals surface area contributed by atoms with Crippen LogP contribution < -0.4 is 0 Å². The number of carboxylic acid groups (broad SMARTS) is 1. The van der Waals surface area contributed by atoms with Gasteiger partial charge in [0.05, 0.1) is 12.2 Å². The standard InChI is InChI=1S/C12H15N5O3/c18-12(19)8-20-3-1-2-11-7-17(16-15-11)6-10-4-13-9-14-5-10/h4-5,7,9H,1-3,6,8H2,(H,18,19). The molecular weight excluding hydrogens is 262 g/mol. The second-order valence-corrected chi connectivity index (χ2v) is 4.20. The lowest BCUT2D eigenvalue weighted by molar-refractivity contribution is -0.142. The van der Waals surface area contributed by atoms with Crippen LogP contribution in [-0.2, 0) is 22.5 Å². The van der Waals surface area contributed by atoms with Crippen molar-refractivity contribution in [2.24, 2.45) is 0 Å². The molecule has 106 valence electrons. The Morgan fingerprint density at radius 1 is 1.35 bits per heavy atom. The van der Waals surface area contributed by atoms with Gasteiger partial charge < -0.3 is 9.84 Å². The Kier molecular flexibility index (Phi) is 5.13. The van der Waals surface area contributed by atoms with Crippen LogP contribution in [0.4, 0.5) is 0 Å². The van der Waals surface area contributed by atoms with Crippen LogP contribution in [0, 0.1) is 0 Å². The number of hydrogen-bond acceptors (Lipinski definition) is 6. The molecule has 0 spiro atoms. The van der Waals surface area contributed by atoms with Crippen LogP contribution in [-0.4, -0.2) is 49.3 Å². The second-order valence-electron chi connectivity index (χ2n) is 4.20. The minimum Gasteiger partial charge on any atom is -0.480 e. The van der Waals surface area contributed by atoms with Gasteiger partial charge in [-0.15, -0.1) is 5.10 Å². The van der Waals surface area contributed by atoms with Gasteiger partial charge in [0, 0.05) is 30.8 Å². The number of carboxylic acids is 1. The van der Waals surface area contributed by atoms with Gasteiger partial charge in [0.15, 0.2) is 0 Å². The third kappa shape index (κ3) is 4.73. The van der Waals surface area contributed by atoms with E-state index in [1.54, 1.807) is 17.1 Å². The summed E-state index contributed by atoms with van der Waals surface area (Å²) in [5.41, 5.74) is 1.80. The summed E-state index contributed by atoms with van der Waals surface area (Å²) in [5, 5.41) is 16.5. The van der Waals surface area contributed by atoms with Crippen molar-refractivity contribution < 1.29 is 14.6 Å². The zero-order valence-corrected chi connectivity index (χ0v) is 10.8. The number of carbonyl (C=O) groups is 1. The Hall–Kier alpha value is -2.35. The van der Waals surface area contributed by atoms with E-state index in [-0.39, 0.29) is 6.61 Å². The van der Waals surface area contributed by atoms with Crippen molar-refractivity contribution in [1.29, 1.82) is 0 Å². The molecule has 2 heterocycles. The summed E-state index contributed by atoms with van der Waals surface area (Å²) in [6.45, 7) is 0.704. The van der Waals surface area contributed by atoms with Gasteiger partial charge in [-0.2, -0.15) is 0 Å². The van der Waals surface area contributed by atoms with Crippen molar-refractivity contribution in [2.75, 3.05) is 13.2 Å². The molecule has 0 amide bonds. The van der Waals surface area contributed by atoms with Gasteiger partial charge in [0.1, 0.15) is 12.9 Å². The Bertz CT molecular complexity index is 543. The quantitative estimate of drug-likeness (QED) is 0.685. The molecule has 0 fully saturated rings. The van der Waals surface area contributed by atoms with E-state index in [0.29, 0.717) is 26.0 Å². The molecule has 0 unspecified atom stereocenters. The predicted octanol–water partition coefficient (Wildman–Crippen LogP) is 0.150. The molecule has 0 bridgehead atoms. The molecule has 8 heteroatoms.